The molecule has 0 saturated carbocycles. The third kappa shape index (κ3) is 5.36. The van der Waals surface area contributed by atoms with E-state index in [1.807, 2.05) is 48.2 Å². The van der Waals surface area contributed by atoms with E-state index in [2.05, 4.69) is 10.2 Å². The van der Waals surface area contributed by atoms with E-state index in [-0.39, 0.29) is 17.6 Å². The third-order valence-electron chi connectivity index (χ3n) is 5.56. The number of carbonyl (C=O) groups is 2. The molecular formula is C25H27N3O4. The van der Waals surface area contributed by atoms with Crippen LogP contribution in [0, 0.1) is 6.92 Å². The van der Waals surface area contributed by atoms with Crippen LogP contribution in [0.15, 0.2) is 71.3 Å². The van der Waals surface area contributed by atoms with E-state index < -0.39 is 0 Å². The van der Waals surface area contributed by atoms with Crippen molar-refractivity contribution in [1.82, 2.24) is 9.80 Å². The first-order valence-electron chi connectivity index (χ1n) is 10.7. The molecule has 0 spiro atoms. The molecule has 4 rings (SSSR count). The fourth-order valence-electron chi connectivity index (χ4n) is 3.65. The first-order valence-corrected chi connectivity index (χ1v) is 10.7. The van der Waals surface area contributed by atoms with Crippen molar-refractivity contribution in [2.45, 2.75) is 6.92 Å². The number of piperazine rings is 1. The van der Waals surface area contributed by atoms with E-state index in [0.29, 0.717) is 30.9 Å². The Kier molecular flexibility index (Phi) is 6.87. The van der Waals surface area contributed by atoms with Gasteiger partial charge in [-0.25, -0.2) is 0 Å². The number of aryl methyl sites for hydroxylation is 1. The molecule has 2 aromatic carbocycles. The van der Waals surface area contributed by atoms with Crippen LogP contribution in [0.2, 0.25) is 0 Å². The van der Waals surface area contributed by atoms with E-state index in [1.165, 1.54) is 6.26 Å². The first kappa shape index (κ1) is 21.6. The van der Waals surface area contributed by atoms with Gasteiger partial charge in [0.15, 0.2) is 5.76 Å². The second-order valence-corrected chi connectivity index (χ2v) is 7.76. The predicted octanol–water partition coefficient (Wildman–Crippen LogP) is 3.68. The van der Waals surface area contributed by atoms with Gasteiger partial charge in [0.25, 0.3) is 11.8 Å². The smallest absolute Gasteiger partial charge is 0.291 e. The van der Waals surface area contributed by atoms with Gasteiger partial charge in [0.1, 0.15) is 12.4 Å². The van der Waals surface area contributed by atoms with Gasteiger partial charge in [0, 0.05) is 44.0 Å². The van der Waals surface area contributed by atoms with Crippen LogP contribution in [0.3, 0.4) is 0 Å². The van der Waals surface area contributed by atoms with Crippen molar-refractivity contribution in [1.29, 1.82) is 0 Å². The van der Waals surface area contributed by atoms with Gasteiger partial charge in [0.2, 0.25) is 0 Å². The average molecular weight is 434 g/mol. The Labute approximate surface area is 187 Å². The molecule has 0 unspecified atom stereocenters. The lowest BCUT2D eigenvalue weighted by atomic mass is 10.1. The number of para-hydroxylation sites is 1. The first-order chi connectivity index (χ1) is 15.6. The predicted molar refractivity (Wildman–Crippen MR) is 122 cm³/mol. The molecule has 1 aromatic heterocycles. The number of furan rings is 1. The summed E-state index contributed by atoms with van der Waals surface area (Å²) in [4.78, 5) is 29.5. The van der Waals surface area contributed by atoms with Crippen molar-refractivity contribution < 1.29 is 18.7 Å². The van der Waals surface area contributed by atoms with Crippen LogP contribution in [0.5, 0.6) is 5.75 Å². The van der Waals surface area contributed by atoms with Crippen molar-refractivity contribution in [3.63, 3.8) is 0 Å². The Bertz CT molecular complexity index is 1040. The second-order valence-electron chi connectivity index (χ2n) is 7.76. The van der Waals surface area contributed by atoms with Crippen LogP contribution in [-0.4, -0.2) is 60.9 Å². The van der Waals surface area contributed by atoms with Crippen LogP contribution in [0.1, 0.15) is 26.5 Å². The maximum absolute atomic E-state index is 13.0. The van der Waals surface area contributed by atoms with E-state index in [1.54, 1.807) is 24.3 Å². The lowest BCUT2D eigenvalue weighted by Gasteiger charge is -2.34. The Balaban J connectivity index is 1.29. The molecule has 166 valence electrons. The van der Waals surface area contributed by atoms with Gasteiger partial charge in [-0.1, -0.05) is 24.3 Å². The summed E-state index contributed by atoms with van der Waals surface area (Å²) in [5, 5.41) is 2.83. The maximum Gasteiger partial charge on any atom is 0.291 e. The molecular weight excluding hydrogens is 406 g/mol. The van der Waals surface area contributed by atoms with Gasteiger partial charge in [-0.2, -0.15) is 0 Å². The standard InChI is InChI=1S/C25H27N3O4/c1-19-9-10-20(18-22(19)26-24(29)23-8-5-16-32-23)25(30)28-13-11-27(12-14-28)15-17-31-21-6-3-2-4-7-21/h2-10,16,18H,11-15,17H2,1H3,(H,26,29). The molecule has 2 amide bonds. The molecule has 32 heavy (non-hydrogen) atoms. The van der Waals surface area contributed by atoms with Crippen molar-refractivity contribution in [3.05, 3.63) is 83.8 Å². The number of rotatable bonds is 7. The van der Waals surface area contributed by atoms with Gasteiger partial charge in [-0.15, -0.1) is 0 Å². The van der Waals surface area contributed by atoms with Gasteiger partial charge in [-0.3, -0.25) is 14.5 Å². The average Bonchev–Trinajstić information content (AvgIpc) is 3.36. The van der Waals surface area contributed by atoms with E-state index in [0.717, 1.165) is 30.9 Å². The zero-order valence-electron chi connectivity index (χ0n) is 18.1. The molecule has 0 atom stereocenters. The number of anilines is 1. The fourth-order valence-corrected chi connectivity index (χ4v) is 3.65. The van der Waals surface area contributed by atoms with Gasteiger partial charge in [-0.05, 0) is 48.9 Å². The number of amides is 2. The summed E-state index contributed by atoms with van der Waals surface area (Å²) >= 11 is 0. The van der Waals surface area contributed by atoms with Gasteiger partial charge >= 0.3 is 0 Å². The molecule has 1 fully saturated rings. The fraction of sp³-hybridized carbons (Fsp3) is 0.280. The van der Waals surface area contributed by atoms with Crippen molar-refractivity contribution in [2.24, 2.45) is 0 Å². The topological polar surface area (TPSA) is 75.0 Å². The summed E-state index contributed by atoms with van der Waals surface area (Å²) in [6.45, 7) is 6.26. The highest BCUT2D eigenvalue weighted by atomic mass is 16.5. The van der Waals surface area contributed by atoms with Gasteiger partial charge < -0.3 is 19.4 Å². The Hall–Kier alpha value is -3.58. The summed E-state index contributed by atoms with van der Waals surface area (Å²) in [6.07, 6.45) is 1.45. The molecule has 3 aromatic rings. The largest absolute Gasteiger partial charge is 0.492 e. The summed E-state index contributed by atoms with van der Waals surface area (Å²) in [7, 11) is 0. The molecule has 1 aliphatic rings. The molecule has 1 N–H and O–H groups in total. The molecule has 1 saturated heterocycles. The summed E-state index contributed by atoms with van der Waals surface area (Å²) in [6, 6.07) is 18.4. The number of nitrogens with one attached hydrogen (secondary N) is 1. The number of carbonyl (C=O) groups excluding carboxylic acids is 2. The van der Waals surface area contributed by atoms with Crippen LogP contribution in [-0.2, 0) is 0 Å². The molecule has 0 aliphatic carbocycles. The Morgan fingerprint density at radius 2 is 1.78 bits per heavy atom. The minimum absolute atomic E-state index is 0.0290. The number of benzene rings is 2. The zero-order valence-corrected chi connectivity index (χ0v) is 18.1. The van der Waals surface area contributed by atoms with E-state index in [9.17, 15) is 9.59 Å². The molecule has 7 heteroatoms. The number of ether oxygens (including phenoxy) is 1. The second kappa shape index (κ2) is 10.2. The highest BCUT2D eigenvalue weighted by molar-refractivity contribution is 6.04. The van der Waals surface area contributed by atoms with Crippen LogP contribution in [0.25, 0.3) is 0 Å². The van der Waals surface area contributed by atoms with Crippen molar-refractivity contribution in [2.75, 3.05) is 44.6 Å². The van der Waals surface area contributed by atoms with Crippen molar-refractivity contribution >= 4 is 17.5 Å². The number of nitrogens with zero attached hydrogens (tertiary/aromatic N) is 2. The highest BCUT2D eigenvalue weighted by Crippen LogP contribution is 2.20. The SMILES string of the molecule is Cc1ccc(C(=O)N2CCN(CCOc3ccccc3)CC2)cc1NC(=O)c1ccco1. The van der Waals surface area contributed by atoms with E-state index >= 15 is 0 Å². The van der Waals surface area contributed by atoms with Crippen molar-refractivity contribution in [3.8, 4) is 5.75 Å². The Morgan fingerprint density at radius 1 is 1.00 bits per heavy atom. The molecule has 7 nitrogen and oxygen atoms in total. The monoisotopic (exact) mass is 433 g/mol. The number of hydrogen-bond acceptors (Lipinski definition) is 5. The Morgan fingerprint density at radius 3 is 2.50 bits per heavy atom. The third-order valence-corrected chi connectivity index (χ3v) is 5.56. The minimum atomic E-state index is -0.339. The molecule has 2 heterocycles. The zero-order chi connectivity index (χ0) is 22.3. The minimum Gasteiger partial charge on any atom is -0.492 e. The highest BCUT2D eigenvalue weighted by Gasteiger charge is 2.23. The van der Waals surface area contributed by atoms with Crippen LogP contribution < -0.4 is 10.1 Å². The summed E-state index contributed by atoms with van der Waals surface area (Å²) < 4.78 is 10.9. The molecule has 1 aliphatic heterocycles. The van der Waals surface area contributed by atoms with Crippen LogP contribution in [0.4, 0.5) is 5.69 Å². The summed E-state index contributed by atoms with van der Waals surface area (Å²) in [5.74, 6) is 0.733. The lowest BCUT2D eigenvalue weighted by molar-refractivity contribution is 0.0620. The number of hydrogen-bond donors (Lipinski definition) is 1. The van der Waals surface area contributed by atoms with Crippen LogP contribution >= 0.6 is 0 Å². The molecule has 0 radical (unpaired) electrons. The quantitative estimate of drug-likeness (QED) is 0.615. The normalized spacial score (nSPS) is 14.2. The molecule has 0 bridgehead atoms. The van der Waals surface area contributed by atoms with E-state index in [4.69, 9.17) is 9.15 Å². The summed E-state index contributed by atoms with van der Waals surface area (Å²) in [5.41, 5.74) is 2.05. The lowest BCUT2D eigenvalue weighted by Crippen LogP contribution is -2.49. The maximum atomic E-state index is 13.0. The van der Waals surface area contributed by atoms with Gasteiger partial charge in [0.05, 0.1) is 6.26 Å².